The fourth-order valence-electron chi connectivity index (χ4n) is 5.27. The number of H-pyrrole nitrogens is 1. The maximum absolute atomic E-state index is 13.5. The Balaban J connectivity index is 1.39. The Morgan fingerprint density at radius 2 is 1.92 bits per heavy atom. The molecule has 2 aromatic rings. The van der Waals surface area contributed by atoms with Gasteiger partial charge in [0.05, 0.1) is 6.07 Å². The molecular weight excluding hydrogens is 480 g/mol. The molecule has 3 amide bonds. The minimum Gasteiger partial charge on any atom is -0.356 e. The molecule has 0 radical (unpaired) electrons. The molecule has 10 heteroatoms. The molecule has 1 aliphatic heterocycles. The highest BCUT2D eigenvalue weighted by molar-refractivity contribution is 6.00. The highest BCUT2D eigenvalue weighted by Gasteiger charge is 2.35. The van der Waals surface area contributed by atoms with Gasteiger partial charge in [-0.25, -0.2) is 8.78 Å². The van der Waals surface area contributed by atoms with Crippen LogP contribution >= 0.6 is 0 Å². The van der Waals surface area contributed by atoms with E-state index in [9.17, 15) is 28.4 Å². The summed E-state index contributed by atoms with van der Waals surface area (Å²) in [5, 5.41) is 18.6. The number of aromatic nitrogens is 1. The summed E-state index contributed by atoms with van der Waals surface area (Å²) in [6.45, 7) is 0.547. The van der Waals surface area contributed by atoms with Crippen LogP contribution in [0.15, 0.2) is 30.3 Å². The van der Waals surface area contributed by atoms with Gasteiger partial charge >= 0.3 is 0 Å². The lowest BCUT2D eigenvalue weighted by Crippen LogP contribution is -2.50. The molecule has 8 nitrogen and oxygen atoms in total. The van der Waals surface area contributed by atoms with Gasteiger partial charge in [0.25, 0.3) is 5.91 Å². The first-order valence-electron chi connectivity index (χ1n) is 13.0. The number of amides is 3. The van der Waals surface area contributed by atoms with Gasteiger partial charge < -0.3 is 20.9 Å². The molecule has 37 heavy (non-hydrogen) atoms. The normalized spacial score (nSPS) is 21.1. The van der Waals surface area contributed by atoms with Gasteiger partial charge in [-0.1, -0.05) is 31.0 Å². The number of nitriles is 1. The number of rotatable bonds is 10. The summed E-state index contributed by atoms with van der Waals surface area (Å²) < 4.78 is 27.0. The number of hydrogen-bond acceptors (Lipinski definition) is 4. The number of fused-ring (bicyclic) bond motifs is 1. The summed E-state index contributed by atoms with van der Waals surface area (Å²) in [6.07, 6.45) is 3.05. The van der Waals surface area contributed by atoms with E-state index in [1.165, 1.54) is 0 Å². The molecule has 1 unspecified atom stereocenters. The maximum atomic E-state index is 13.5. The van der Waals surface area contributed by atoms with Gasteiger partial charge in [-0.05, 0) is 50.2 Å². The first-order valence-corrected chi connectivity index (χ1v) is 13.0. The lowest BCUT2D eigenvalue weighted by Gasteiger charge is -2.28. The van der Waals surface area contributed by atoms with E-state index in [0.717, 1.165) is 10.9 Å². The van der Waals surface area contributed by atoms with Gasteiger partial charge in [-0.2, -0.15) is 5.26 Å². The highest BCUT2D eigenvalue weighted by Crippen LogP contribution is 2.38. The zero-order valence-corrected chi connectivity index (χ0v) is 20.7. The summed E-state index contributed by atoms with van der Waals surface area (Å²) in [7, 11) is 0. The third-order valence-corrected chi connectivity index (χ3v) is 7.49. The van der Waals surface area contributed by atoms with E-state index in [-0.39, 0.29) is 37.0 Å². The van der Waals surface area contributed by atoms with E-state index in [0.29, 0.717) is 50.8 Å². The number of nitrogens with zero attached hydrogens (tertiary/aromatic N) is 1. The average Bonchev–Trinajstić information content (AvgIpc) is 3.49. The SMILES string of the molecule is N#C[C@H](C[C@@H]1CCNC1=O)NC(=O)C(CCCC1CCC(F)(F)CC1)NC(=O)c1cc2ccccc2[nH]1. The molecule has 198 valence electrons. The number of carbonyl (C=O) groups excluding carboxylic acids is 3. The summed E-state index contributed by atoms with van der Waals surface area (Å²) in [5.74, 6) is -3.83. The van der Waals surface area contributed by atoms with Crippen molar-refractivity contribution < 1.29 is 23.2 Å². The number of nitrogens with one attached hydrogen (secondary N) is 4. The van der Waals surface area contributed by atoms with Crippen molar-refractivity contribution in [3.05, 3.63) is 36.0 Å². The fourth-order valence-corrected chi connectivity index (χ4v) is 5.27. The smallest absolute Gasteiger partial charge is 0.268 e. The number of halogens is 2. The third kappa shape index (κ3) is 7.06. The number of aromatic amines is 1. The van der Waals surface area contributed by atoms with Gasteiger partial charge in [0.1, 0.15) is 17.8 Å². The van der Waals surface area contributed by atoms with Crippen molar-refractivity contribution in [3.8, 4) is 6.07 Å². The molecule has 1 saturated heterocycles. The Kier molecular flexibility index (Phi) is 8.41. The number of carbonyl (C=O) groups is 3. The van der Waals surface area contributed by atoms with E-state index < -0.39 is 29.8 Å². The third-order valence-electron chi connectivity index (χ3n) is 7.49. The standard InChI is InChI=1S/C27H33F2N5O3/c28-27(29)11-8-17(9-12-27)4-3-7-22(25(36)32-20(16-30)14-19-10-13-31-24(19)35)34-26(37)23-15-18-5-1-2-6-21(18)33-23/h1-2,5-6,15,17,19-20,22,33H,3-4,7-14H2,(H,31,35)(H,32,36)(H,34,37)/t19-,20-,22?/m0/s1. The number of alkyl halides is 2. The van der Waals surface area contributed by atoms with Crippen molar-refractivity contribution in [2.45, 2.75) is 75.8 Å². The van der Waals surface area contributed by atoms with Gasteiger partial charge in [0, 0.05) is 36.2 Å². The quantitative estimate of drug-likeness (QED) is 0.385. The van der Waals surface area contributed by atoms with Crippen LogP contribution in [0.2, 0.25) is 0 Å². The maximum Gasteiger partial charge on any atom is 0.268 e. The van der Waals surface area contributed by atoms with Crippen LogP contribution in [0.1, 0.15) is 68.3 Å². The van der Waals surface area contributed by atoms with Crippen LogP contribution in [0.25, 0.3) is 10.9 Å². The second-order valence-corrected chi connectivity index (χ2v) is 10.2. The Morgan fingerprint density at radius 3 is 2.59 bits per heavy atom. The van der Waals surface area contributed by atoms with Crippen molar-refractivity contribution in [1.82, 2.24) is 20.9 Å². The van der Waals surface area contributed by atoms with Crippen molar-refractivity contribution >= 4 is 28.6 Å². The molecule has 0 bridgehead atoms. The summed E-state index contributed by atoms with van der Waals surface area (Å²) in [4.78, 5) is 41.2. The minimum absolute atomic E-state index is 0.114. The van der Waals surface area contributed by atoms with E-state index in [1.54, 1.807) is 6.07 Å². The van der Waals surface area contributed by atoms with Crippen LogP contribution in [-0.4, -0.2) is 47.3 Å². The second kappa shape index (κ2) is 11.7. The Hall–Kier alpha value is -3.48. The van der Waals surface area contributed by atoms with Crippen LogP contribution in [0.5, 0.6) is 0 Å². The first kappa shape index (κ1) is 26.6. The molecule has 2 fully saturated rings. The Morgan fingerprint density at radius 1 is 1.16 bits per heavy atom. The van der Waals surface area contributed by atoms with Crippen LogP contribution in [-0.2, 0) is 9.59 Å². The average molecular weight is 514 g/mol. The van der Waals surface area contributed by atoms with E-state index >= 15 is 0 Å². The number of para-hydroxylation sites is 1. The summed E-state index contributed by atoms with van der Waals surface area (Å²) >= 11 is 0. The molecule has 0 spiro atoms. The molecule has 3 atom stereocenters. The van der Waals surface area contributed by atoms with Gasteiger partial charge in [-0.3, -0.25) is 14.4 Å². The van der Waals surface area contributed by atoms with Crippen LogP contribution in [0.4, 0.5) is 8.78 Å². The summed E-state index contributed by atoms with van der Waals surface area (Å²) in [6, 6.07) is 9.42. The lowest BCUT2D eigenvalue weighted by molar-refractivity contribution is -0.125. The summed E-state index contributed by atoms with van der Waals surface area (Å²) in [5.41, 5.74) is 1.11. The van der Waals surface area contributed by atoms with Crippen molar-refractivity contribution in [2.75, 3.05) is 6.54 Å². The molecule has 1 aliphatic carbocycles. The number of hydrogen-bond donors (Lipinski definition) is 4. The minimum atomic E-state index is -2.59. The molecule has 1 aromatic carbocycles. The topological polar surface area (TPSA) is 127 Å². The van der Waals surface area contributed by atoms with Gasteiger partial charge in [0.2, 0.25) is 17.7 Å². The van der Waals surface area contributed by atoms with Crippen molar-refractivity contribution in [1.29, 1.82) is 5.26 Å². The molecule has 2 heterocycles. The molecule has 4 rings (SSSR count). The van der Waals surface area contributed by atoms with Crippen molar-refractivity contribution in [3.63, 3.8) is 0 Å². The van der Waals surface area contributed by atoms with E-state index in [2.05, 4.69) is 27.0 Å². The van der Waals surface area contributed by atoms with Crippen LogP contribution in [0.3, 0.4) is 0 Å². The van der Waals surface area contributed by atoms with E-state index in [1.807, 2.05) is 24.3 Å². The Labute approximate surface area is 214 Å². The molecule has 1 aromatic heterocycles. The van der Waals surface area contributed by atoms with Crippen LogP contribution in [0, 0.1) is 23.2 Å². The van der Waals surface area contributed by atoms with Crippen molar-refractivity contribution in [2.24, 2.45) is 11.8 Å². The number of benzene rings is 1. The highest BCUT2D eigenvalue weighted by atomic mass is 19.3. The second-order valence-electron chi connectivity index (χ2n) is 10.2. The van der Waals surface area contributed by atoms with Crippen LogP contribution < -0.4 is 16.0 Å². The predicted molar refractivity (Wildman–Crippen MR) is 134 cm³/mol. The molecule has 2 aliphatic rings. The Bertz CT molecular complexity index is 1130. The van der Waals surface area contributed by atoms with E-state index in [4.69, 9.17) is 0 Å². The monoisotopic (exact) mass is 513 g/mol. The zero-order valence-electron chi connectivity index (χ0n) is 20.7. The molecule has 4 N–H and O–H groups in total. The first-order chi connectivity index (χ1) is 17.7. The zero-order chi connectivity index (χ0) is 26.4. The predicted octanol–water partition coefficient (Wildman–Crippen LogP) is 3.80. The fraction of sp³-hybridized carbons (Fsp3) is 0.556. The lowest BCUT2D eigenvalue weighted by atomic mass is 9.83. The molecule has 1 saturated carbocycles. The molecular formula is C27H33F2N5O3. The largest absolute Gasteiger partial charge is 0.356 e. The van der Waals surface area contributed by atoms with Gasteiger partial charge in [-0.15, -0.1) is 0 Å². The van der Waals surface area contributed by atoms with Gasteiger partial charge in [0.15, 0.2) is 0 Å².